The zero-order chi connectivity index (χ0) is 19.3. The number of nitrogens with zero attached hydrogens (tertiary/aromatic N) is 2. The first-order chi connectivity index (χ1) is 12.2. The maximum Gasteiger partial charge on any atom is 0.317 e. The summed E-state index contributed by atoms with van der Waals surface area (Å²) in [6.45, 7) is 7.97. The first kappa shape index (κ1) is 19.9. The standard InChI is InChI=1S/C19H29N3O4/c1-19(2,3)20-18(24)22-10-8-21(9-11-22)17(23)13-14-12-15(25-4)6-7-16(14)26-5/h6-7,12H,8-11,13H2,1-5H3,(H,20,24). The topological polar surface area (TPSA) is 71.1 Å². The Morgan fingerprint density at radius 3 is 2.19 bits per heavy atom. The molecule has 0 bridgehead atoms. The van der Waals surface area contributed by atoms with E-state index in [0.717, 1.165) is 5.56 Å². The van der Waals surface area contributed by atoms with Gasteiger partial charge in [-0.05, 0) is 39.0 Å². The highest BCUT2D eigenvalue weighted by molar-refractivity contribution is 5.80. The van der Waals surface area contributed by atoms with Gasteiger partial charge in [0, 0.05) is 37.3 Å². The van der Waals surface area contributed by atoms with Gasteiger partial charge in [-0.3, -0.25) is 4.79 Å². The Bertz CT molecular complexity index is 647. The summed E-state index contributed by atoms with van der Waals surface area (Å²) in [7, 11) is 3.18. The van der Waals surface area contributed by atoms with Gasteiger partial charge in [-0.1, -0.05) is 0 Å². The van der Waals surface area contributed by atoms with Crippen LogP contribution >= 0.6 is 0 Å². The minimum Gasteiger partial charge on any atom is -0.497 e. The van der Waals surface area contributed by atoms with Gasteiger partial charge >= 0.3 is 6.03 Å². The van der Waals surface area contributed by atoms with Gasteiger partial charge in [0.15, 0.2) is 0 Å². The molecule has 0 unspecified atom stereocenters. The largest absolute Gasteiger partial charge is 0.497 e. The number of hydrogen-bond donors (Lipinski definition) is 1. The van der Waals surface area contributed by atoms with Gasteiger partial charge in [-0.15, -0.1) is 0 Å². The van der Waals surface area contributed by atoms with Crippen molar-refractivity contribution < 1.29 is 19.1 Å². The maximum absolute atomic E-state index is 12.7. The highest BCUT2D eigenvalue weighted by Gasteiger charge is 2.26. The van der Waals surface area contributed by atoms with E-state index in [1.54, 1.807) is 36.2 Å². The Morgan fingerprint density at radius 1 is 1.04 bits per heavy atom. The van der Waals surface area contributed by atoms with Crippen molar-refractivity contribution in [1.29, 1.82) is 0 Å². The Morgan fingerprint density at radius 2 is 1.65 bits per heavy atom. The average molecular weight is 363 g/mol. The highest BCUT2D eigenvalue weighted by atomic mass is 16.5. The molecule has 0 spiro atoms. The molecule has 0 saturated carbocycles. The van der Waals surface area contributed by atoms with Gasteiger partial charge in [0.05, 0.1) is 20.6 Å². The molecule has 1 aliphatic heterocycles. The number of amides is 3. The smallest absolute Gasteiger partial charge is 0.317 e. The monoisotopic (exact) mass is 363 g/mol. The van der Waals surface area contributed by atoms with E-state index in [9.17, 15) is 9.59 Å². The molecule has 1 aromatic carbocycles. The number of carbonyl (C=O) groups excluding carboxylic acids is 2. The molecule has 26 heavy (non-hydrogen) atoms. The molecule has 7 heteroatoms. The van der Waals surface area contributed by atoms with E-state index in [2.05, 4.69) is 5.32 Å². The number of hydrogen-bond acceptors (Lipinski definition) is 4. The summed E-state index contributed by atoms with van der Waals surface area (Å²) in [5.74, 6) is 1.38. The van der Waals surface area contributed by atoms with Gasteiger partial charge in [0.25, 0.3) is 0 Å². The summed E-state index contributed by atoms with van der Waals surface area (Å²) >= 11 is 0. The number of nitrogens with one attached hydrogen (secondary N) is 1. The van der Waals surface area contributed by atoms with Crippen LogP contribution < -0.4 is 14.8 Å². The summed E-state index contributed by atoms with van der Waals surface area (Å²) in [5, 5.41) is 2.95. The predicted molar refractivity (Wildman–Crippen MR) is 99.7 cm³/mol. The van der Waals surface area contributed by atoms with E-state index in [-0.39, 0.29) is 23.9 Å². The number of benzene rings is 1. The molecule has 1 fully saturated rings. The van der Waals surface area contributed by atoms with Crippen molar-refractivity contribution in [3.05, 3.63) is 23.8 Å². The molecule has 0 aromatic heterocycles. The van der Waals surface area contributed by atoms with Crippen molar-refractivity contribution in [2.45, 2.75) is 32.7 Å². The van der Waals surface area contributed by atoms with Gasteiger partial charge < -0.3 is 24.6 Å². The minimum atomic E-state index is -0.271. The number of urea groups is 1. The van der Waals surface area contributed by atoms with Crippen molar-refractivity contribution in [3.63, 3.8) is 0 Å². The minimum absolute atomic E-state index is 0.0208. The van der Waals surface area contributed by atoms with E-state index in [0.29, 0.717) is 37.7 Å². The van der Waals surface area contributed by atoms with E-state index in [1.807, 2.05) is 26.8 Å². The molecule has 3 amide bonds. The van der Waals surface area contributed by atoms with Gasteiger partial charge in [0.2, 0.25) is 5.91 Å². The van der Waals surface area contributed by atoms with Crippen molar-refractivity contribution in [2.75, 3.05) is 40.4 Å². The lowest BCUT2D eigenvalue weighted by Gasteiger charge is -2.36. The lowest BCUT2D eigenvalue weighted by Crippen LogP contribution is -2.56. The van der Waals surface area contributed by atoms with Crippen LogP contribution in [0.15, 0.2) is 18.2 Å². The van der Waals surface area contributed by atoms with Crippen LogP contribution in [-0.4, -0.2) is 67.7 Å². The lowest BCUT2D eigenvalue weighted by molar-refractivity contribution is -0.131. The fourth-order valence-electron chi connectivity index (χ4n) is 2.85. The van der Waals surface area contributed by atoms with Crippen molar-refractivity contribution in [3.8, 4) is 11.5 Å². The first-order valence-corrected chi connectivity index (χ1v) is 8.79. The number of piperazine rings is 1. The molecular weight excluding hydrogens is 334 g/mol. The van der Waals surface area contributed by atoms with Crippen LogP contribution in [0.25, 0.3) is 0 Å². The van der Waals surface area contributed by atoms with Crippen LogP contribution in [0.1, 0.15) is 26.3 Å². The highest BCUT2D eigenvalue weighted by Crippen LogP contribution is 2.25. The molecule has 144 valence electrons. The third kappa shape index (κ3) is 5.28. The van der Waals surface area contributed by atoms with E-state index < -0.39 is 0 Å². The van der Waals surface area contributed by atoms with Crippen LogP contribution in [-0.2, 0) is 11.2 Å². The second kappa shape index (κ2) is 8.29. The summed E-state index contributed by atoms with van der Waals surface area (Å²) in [4.78, 5) is 28.4. The third-order valence-electron chi connectivity index (χ3n) is 4.23. The van der Waals surface area contributed by atoms with Gasteiger partial charge in [-0.2, -0.15) is 0 Å². The van der Waals surface area contributed by atoms with Crippen LogP contribution in [0, 0.1) is 0 Å². The molecule has 1 N–H and O–H groups in total. The Hall–Kier alpha value is -2.44. The summed E-state index contributed by atoms with van der Waals surface area (Å²) in [6.07, 6.45) is 0.245. The Kier molecular flexibility index (Phi) is 6.34. The fourth-order valence-corrected chi connectivity index (χ4v) is 2.85. The molecule has 7 nitrogen and oxygen atoms in total. The average Bonchev–Trinajstić information content (AvgIpc) is 2.60. The molecule has 1 saturated heterocycles. The number of carbonyl (C=O) groups is 2. The number of methoxy groups -OCH3 is 2. The van der Waals surface area contributed by atoms with E-state index in [1.165, 1.54) is 0 Å². The predicted octanol–water partition coefficient (Wildman–Crippen LogP) is 1.90. The fraction of sp³-hybridized carbons (Fsp3) is 0.579. The molecule has 0 aliphatic carbocycles. The summed E-state index contributed by atoms with van der Waals surface area (Å²) in [5.41, 5.74) is 0.525. The quantitative estimate of drug-likeness (QED) is 0.887. The maximum atomic E-state index is 12.7. The molecule has 0 radical (unpaired) electrons. The molecule has 2 rings (SSSR count). The van der Waals surface area contributed by atoms with Gasteiger partial charge in [-0.25, -0.2) is 4.79 Å². The van der Waals surface area contributed by atoms with Crippen LogP contribution in [0.5, 0.6) is 11.5 Å². The second-order valence-electron chi connectivity index (χ2n) is 7.40. The molecule has 0 atom stereocenters. The SMILES string of the molecule is COc1ccc(OC)c(CC(=O)N2CCN(C(=O)NC(C)(C)C)CC2)c1. The Balaban J connectivity index is 1.94. The zero-order valence-electron chi connectivity index (χ0n) is 16.3. The molecule has 1 aliphatic rings. The lowest BCUT2D eigenvalue weighted by atomic mass is 10.1. The molecule has 1 aromatic rings. The van der Waals surface area contributed by atoms with Crippen molar-refractivity contribution >= 4 is 11.9 Å². The van der Waals surface area contributed by atoms with Crippen molar-refractivity contribution in [1.82, 2.24) is 15.1 Å². The van der Waals surface area contributed by atoms with E-state index >= 15 is 0 Å². The van der Waals surface area contributed by atoms with E-state index in [4.69, 9.17) is 9.47 Å². The van der Waals surface area contributed by atoms with Crippen LogP contribution in [0.4, 0.5) is 4.79 Å². The number of ether oxygens (including phenoxy) is 2. The second-order valence-corrected chi connectivity index (χ2v) is 7.40. The van der Waals surface area contributed by atoms with Crippen LogP contribution in [0.2, 0.25) is 0 Å². The summed E-state index contributed by atoms with van der Waals surface area (Å²) in [6, 6.07) is 5.35. The summed E-state index contributed by atoms with van der Waals surface area (Å²) < 4.78 is 10.6. The molecular formula is C19H29N3O4. The first-order valence-electron chi connectivity index (χ1n) is 8.79. The molecule has 1 heterocycles. The third-order valence-corrected chi connectivity index (χ3v) is 4.23. The Labute approximate surface area is 155 Å². The van der Waals surface area contributed by atoms with Crippen molar-refractivity contribution in [2.24, 2.45) is 0 Å². The number of rotatable bonds is 4. The van der Waals surface area contributed by atoms with Crippen LogP contribution in [0.3, 0.4) is 0 Å². The van der Waals surface area contributed by atoms with Gasteiger partial charge in [0.1, 0.15) is 11.5 Å². The normalized spacial score (nSPS) is 14.8. The zero-order valence-corrected chi connectivity index (χ0v) is 16.3.